The molecule has 1 fully saturated rings. The van der Waals surface area contributed by atoms with Gasteiger partial charge in [0.05, 0.1) is 19.1 Å². The van der Waals surface area contributed by atoms with Gasteiger partial charge in [-0.15, -0.1) is 0 Å². The Hall–Kier alpha value is -1.14. The summed E-state index contributed by atoms with van der Waals surface area (Å²) < 4.78 is 5.15. The van der Waals surface area contributed by atoms with Crippen molar-refractivity contribution in [3.8, 4) is 0 Å². The van der Waals surface area contributed by atoms with Gasteiger partial charge in [-0.25, -0.2) is 0 Å². The van der Waals surface area contributed by atoms with E-state index in [-0.39, 0.29) is 11.9 Å². The molecule has 0 aromatic rings. The zero-order valence-electron chi connectivity index (χ0n) is 9.53. The summed E-state index contributed by atoms with van der Waals surface area (Å²) in [7, 11) is 0. The monoisotopic (exact) mass is 230 g/mol. The zero-order valence-corrected chi connectivity index (χ0v) is 9.53. The molecular formula is C10H18N2O4. The van der Waals surface area contributed by atoms with Crippen molar-refractivity contribution < 1.29 is 19.4 Å². The van der Waals surface area contributed by atoms with Crippen LogP contribution in [0.4, 0.5) is 0 Å². The number of aliphatic carboxylic acids is 1. The van der Waals surface area contributed by atoms with Crippen molar-refractivity contribution in [2.24, 2.45) is 5.92 Å². The van der Waals surface area contributed by atoms with E-state index in [1.165, 1.54) is 0 Å². The summed E-state index contributed by atoms with van der Waals surface area (Å²) in [6.45, 7) is 4.82. The second-order valence-corrected chi connectivity index (χ2v) is 4.01. The summed E-state index contributed by atoms with van der Waals surface area (Å²) in [4.78, 5) is 22.4. The van der Waals surface area contributed by atoms with Gasteiger partial charge in [-0.05, 0) is 13.8 Å². The maximum Gasteiger partial charge on any atom is 0.308 e. The SMILES string of the molecule is CC(NC(=O)C1COCCN1)C(C)C(=O)O. The summed E-state index contributed by atoms with van der Waals surface area (Å²) in [6.07, 6.45) is 0. The van der Waals surface area contributed by atoms with Crippen LogP contribution in [0.25, 0.3) is 0 Å². The first-order valence-corrected chi connectivity index (χ1v) is 5.36. The Balaban J connectivity index is 2.40. The highest BCUT2D eigenvalue weighted by molar-refractivity contribution is 5.83. The Morgan fingerprint density at radius 3 is 2.69 bits per heavy atom. The standard InChI is InChI=1S/C10H18N2O4/c1-6(10(14)15)7(2)12-9(13)8-5-16-4-3-11-8/h6-8,11H,3-5H2,1-2H3,(H,12,13)(H,14,15). The van der Waals surface area contributed by atoms with Gasteiger partial charge in [-0.2, -0.15) is 0 Å². The molecule has 92 valence electrons. The maximum absolute atomic E-state index is 11.7. The topological polar surface area (TPSA) is 87.7 Å². The number of carbonyl (C=O) groups excluding carboxylic acids is 1. The lowest BCUT2D eigenvalue weighted by molar-refractivity contribution is -0.142. The van der Waals surface area contributed by atoms with Crippen LogP contribution < -0.4 is 10.6 Å². The third-order valence-corrected chi connectivity index (χ3v) is 2.75. The van der Waals surface area contributed by atoms with Crippen molar-refractivity contribution in [2.45, 2.75) is 25.9 Å². The molecule has 1 heterocycles. The largest absolute Gasteiger partial charge is 0.481 e. The molecule has 0 aromatic carbocycles. The normalized spacial score (nSPS) is 24.5. The molecule has 6 heteroatoms. The first-order chi connectivity index (χ1) is 7.52. The minimum atomic E-state index is -0.916. The van der Waals surface area contributed by atoms with E-state index < -0.39 is 17.9 Å². The lowest BCUT2D eigenvalue weighted by Crippen LogP contribution is -2.54. The summed E-state index contributed by atoms with van der Waals surface area (Å²) >= 11 is 0. The van der Waals surface area contributed by atoms with Gasteiger partial charge in [-0.3, -0.25) is 9.59 Å². The fourth-order valence-corrected chi connectivity index (χ4v) is 1.40. The Morgan fingerprint density at radius 1 is 1.50 bits per heavy atom. The quantitative estimate of drug-likeness (QED) is 0.588. The van der Waals surface area contributed by atoms with Gasteiger partial charge in [0.25, 0.3) is 0 Å². The van der Waals surface area contributed by atoms with Crippen molar-refractivity contribution in [2.75, 3.05) is 19.8 Å². The van der Waals surface area contributed by atoms with Crippen LogP contribution in [0.2, 0.25) is 0 Å². The number of morpholine rings is 1. The van der Waals surface area contributed by atoms with E-state index in [0.717, 1.165) is 0 Å². The highest BCUT2D eigenvalue weighted by Gasteiger charge is 2.26. The highest BCUT2D eigenvalue weighted by Crippen LogP contribution is 2.03. The Morgan fingerprint density at radius 2 is 2.19 bits per heavy atom. The van der Waals surface area contributed by atoms with Crippen molar-refractivity contribution in [3.63, 3.8) is 0 Å². The smallest absolute Gasteiger partial charge is 0.308 e. The number of hydrogen-bond acceptors (Lipinski definition) is 4. The second kappa shape index (κ2) is 5.81. The Bertz CT molecular complexity index is 264. The molecule has 0 bridgehead atoms. The number of amides is 1. The molecule has 0 radical (unpaired) electrons. The van der Waals surface area contributed by atoms with Crippen LogP contribution in [-0.4, -0.2) is 48.8 Å². The fraction of sp³-hybridized carbons (Fsp3) is 0.800. The molecule has 1 aliphatic heterocycles. The molecule has 1 saturated heterocycles. The molecule has 6 nitrogen and oxygen atoms in total. The predicted molar refractivity (Wildman–Crippen MR) is 57.0 cm³/mol. The average molecular weight is 230 g/mol. The van der Waals surface area contributed by atoms with Crippen LogP contribution in [0.3, 0.4) is 0 Å². The second-order valence-electron chi connectivity index (χ2n) is 4.01. The molecule has 0 aliphatic carbocycles. The maximum atomic E-state index is 11.7. The molecule has 16 heavy (non-hydrogen) atoms. The molecule has 3 unspecified atom stereocenters. The van der Waals surface area contributed by atoms with Crippen molar-refractivity contribution >= 4 is 11.9 Å². The lowest BCUT2D eigenvalue weighted by Gasteiger charge is -2.25. The van der Waals surface area contributed by atoms with E-state index in [2.05, 4.69) is 10.6 Å². The zero-order chi connectivity index (χ0) is 12.1. The van der Waals surface area contributed by atoms with Crippen LogP contribution in [0.5, 0.6) is 0 Å². The van der Waals surface area contributed by atoms with E-state index in [4.69, 9.17) is 9.84 Å². The number of hydrogen-bond donors (Lipinski definition) is 3. The minimum Gasteiger partial charge on any atom is -0.481 e. The first kappa shape index (κ1) is 12.9. The Labute approximate surface area is 94.3 Å². The van der Waals surface area contributed by atoms with Crippen LogP contribution in [0, 0.1) is 5.92 Å². The van der Waals surface area contributed by atoms with Crippen LogP contribution >= 0.6 is 0 Å². The predicted octanol–water partition coefficient (Wildman–Crippen LogP) is -0.800. The fourth-order valence-electron chi connectivity index (χ4n) is 1.40. The molecule has 3 N–H and O–H groups in total. The van der Waals surface area contributed by atoms with E-state index in [9.17, 15) is 9.59 Å². The van der Waals surface area contributed by atoms with E-state index in [1.807, 2.05) is 0 Å². The molecule has 1 rings (SSSR count). The number of rotatable bonds is 4. The van der Waals surface area contributed by atoms with Gasteiger partial charge in [0.2, 0.25) is 5.91 Å². The van der Waals surface area contributed by atoms with Crippen LogP contribution in [0.15, 0.2) is 0 Å². The van der Waals surface area contributed by atoms with Crippen LogP contribution in [0.1, 0.15) is 13.8 Å². The number of carboxylic acid groups (broad SMARTS) is 1. The van der Waals surface area contributed by atoms with E-state index in [1.54, 1.807) is 13.8 Å². The molecule has 0 spiro atoms. The minimum absolute atomic E-state index is 0.208. The van der Waals surface area contributed by atoms with Gasteiger partial charge >= 0.3 is 5.97 Å². The third-order valence-electron chi connectivity index (χ3n) is 2.75. The van der Waals surface area contributed by atoms with Gasteiger partial charge < -0.3 is 20.5 Å². The van der Waals surface area contributed by atoms with Gasteiger partial charge in [0.15, 0.2) is 0 Å². The summed E-state index contributed by atoms with van der Waals surface area (Å²) in [6, 6.07) is -0.772. The summed E-state index contributed by atoms with van der Waals surface area (Å²) in [5.41, 5.74) is 0. The van der Waals surface area contributed by atoms with Crippen molar-refractivity contribution in [1.29, 1.82) is 0 Å². The van der Waals surface area contributed by atoms with Crippen LogP contribution in [-0.2, 0) is 14.3 Å². The van der Waals surface area contributed by atoms with Gasteiger partial charge in [-0.1, -0.05) is 0 Å². The average Bonchev–Trinajstić information content (AvgIpc) is 2.28. The lowest BCUT2D eigenvalue weighted by atomic mass is 10.0. The molecular weight excluding hydrogens is 212 g/mol. The molecule has 3 atom stereocenters. The number of carboxylic acids is 1. The molecule has 0 aromatic heterocycles. The van der Waals surface area contributed by atoms with Gasteiger partial charge in [0.1, 0.15) is 6.04 Å². The highest BCUT2D eigenvalue weighted by atomic mass is 16.5. The summed E-state index contributed by atoms with van der Waals surface area (Å²) in [5, 5.41) is 14.5. The summed E-state index contributed by atoms with van der Waals surface area (Å²) in [5.74, 6) is -1.73. The molecule has 0 saturated carbocycles. The number of carbonyl (C=O) groups is 2. The first-order valence-electron chi connectivity index (χ1n) is 5.36. The van der Waals surface area contributed by atoms with Gasteiger partial charge in [0, 0.05) is 12.6 Å². The number of ether oxygens (including phenoxy) is 1. The number of nitrogens with one attached hydrogen (secondary N) is 2. The van der Waals surface area contributed by atoms with E-state index in [0.29, 0.717) is 19.8 Å². The molecule has 1 aliphatic rings. The molecule has 1 amide bonds. The van der Waals surface area contributed by atoms with Crippen molar-refractivity contribution in [3.05, 3.63) is 0 Å². The Kier molecular flexibility index (Phi) is 4.70. The third kappa shape index (κ3) is 3.46. The van der Waals surface area contributed by atoms with E-state index >= 15 is 0 Å². The van der Waals surface area contributed by atoms with Crippen molar-refractivity contribution in [1.82, 2.24) is 10.6 Å².